The molecule has 0 aromatic heterocycles. The average molecular weight is 185 g/mol. The molecular weight excluding hydrogens is 162 g/mol. The van der Waals surface area contributed by atoms with Crippen molar-refractivity contribution < 1.29 is 0 Å². The normalized spacial score (nSPS) is 14.1. The highest BCUT2D eigenvalue weighted by Crippen LogP contribution is 2.09. The fraction of sp³-hybridized carbons (Fsp3) is 0.800. The quantitative estimate of drug-likeness (QED) is 0.609. The van der Waals surface area contributed by atoms with E-state index in [9.17, 15) is 0 Å². The summed E-state index contributed by atoms with van der Waals surface area (Å²) in [6.45, 7) is 10.6. The zero-order valence-electron chi connectivity index (χ0n) is 9.44. The van der Waals surface area contributed by atoms with E-state index < -0.39 is 8.07 Å². The molecule has 12 heavy (non-hydrogen) atoms. The number of rotatable bonds is 4. The molecule has 0 radical (unpaired) electrons. The maximum Gasteiger partial charge on any atom is 0.0686 e. The molecule has 0 aliphatic rings. The van der Waals surface area contributed by atoms with Gasteiger partial charge >= 0.3 is 0 Å². The van der Waals surface area contributed by atoms with E-state index >= 15 is 0 Å². The Morgan fingerprint density at radius 3 is 2.08 bits per heavy atom. The lowest BCUT2D eigenvalue weighted by atomic mass is 10.2. The number of hydrogen-bond acceptors (Lipinski definition) is 1. The van der Waals surface area contributed by atoms with E-state index in [1.54, 1.807) is 5.57 Å². The highest BCUT2D eigenvalue weighted by atomic mass is 28.3. The summed E-state index contributed by atoms with van der Waals surface area (Å²) in [6.07, 6.45) is 1.22. The molecule has 0 aromatic rings. The maximum absolute atomic E-state index is 2.50. The largest absolute Gasteiger partial charge is 0.309 e. The van der Waals surface area contributed by atoms with Gasteiger partial charge in [0.1, 0.15) is 0 Å². The molecule has 0 spiro atoms. The van der Waals surface area contributed by atoms with E-state index in [-0.39, 0.29) is 0 Å². The van der Waals surface area contributed by atoms with Gasteiger partial charge in [0.05, 0.1) is 8.07 Å². The highest BCUT2D eigenvalue weighted by Gasteiger charge is 2.08. The van der Waals surface area contributed by atoms with Crippen LogP contribution in [0.25, 0.3) is 0 Å². The topological polar surface area (TPSA) is 3.24 Å². The minimum atomic E-state index is -0.973. The highest BCUT2D eigenvalue weighted by molar-refractivity contribution is 6.81. The van der Waals surface area contributed by atoms with E-state index in [2.05, 4.69) is 51.3 Å². The van der Waals surface area contributed by atoms with Crippen molar-refractivity contribution in [3.63, 3.8) is 0 Å². The molecule has 0 saturated heterocycles. The van der Waals surface area contributed by atoms with Gasteiger partial charge in [-0.25, -0.2) is 0 Å². The zero-order valence-corrected chi connectivity index (χ0v) is 10.4. The van der Waals surface area contributed by atoms with Gasteiger partial charge in [0.25, 0.3) is 0 Å². The summed E-state index contributed by atoms with van der Waals surface area (Å²) < 4.78 is 0. The first-order chi connectivity index (χ1) is 5.31. The van der Waals surface area contributed by atoms with E-state index in [1.165, 1.54) is 13.0 Å². The van der Waals surface area contributed by atoms with Crippen LogP contribution in [0.15, 0.2) is 11.3 Å². The first-order valence-corrected chi connectivity index (χ1v) is 8.22. The van der Waals surface area contributed by atoms with Crippen molar-refractivity contribution in [1.29, 1.82) is 0 Å². The summed E-state index contributed by atoms with van der Waals surface area (Å²) >= 11 is 0. The molecule has 0 unspecified atom stereocenters. The molecule has 0 aliphatic heterocycles. The third kappa shape index (κ3) is 8.02. The third-order valence-electron chi connectivity index (χ3n) is 1.63. The first-order valence-electron chi connectivity index (χ1n) is 4.64. The van der Waals surface area contributed by atoms with Crippen LogP contribution in [-0.2, 0) is 0 Å². The third-order valence-corrected chi connectivity index (χ3v) is 2.99. The van der Waals surface area contributed by atoms with Gasteiger partial charge in [0.15, 0.2) is 0 Å². The van der Waals surface area contributed by atoms with Crippen LogP contribution in [0, 0.1) is 0 Å². The van der Waals surface area contributed by atoms with Crippen molar-refractivity contribution >= 4 is 8.07 Å². The lowest BCUT2D eigenvalue weighted by Gasteiger charge is -2.14. The van der Waals surface area contributed by atoms with Crippen LogP contribution in [0.1, 0.15) is 13.3 Å². The minimum Gasteiger partial charge on any atom is -0.309 e. The molecular formula is C10H23NSi. The summed E-state index contributed by atoms with van der Waals surface area (Å²) in [5.74, 6) is 0. The molecule has 0 N–H and O–H groups in total. The summed E-state index contributed by atoms with van der Waals surface area (Å²) in [5.41, 5.74) is 4.05. The van der Waals surface area contributed by atoms with Gasteiger partial charge in [-0.3, -0.25) is 0 Å². The van der Waals surface area contributed by atoms with E-state index in [0.29, 0.717) is 0 Å². The maximum atomic E-state index is 2.50. The summed E-state index contributed by atoms with van der Waals surface area (Å²) in [5, 5.41) is 0. The Morgan fingerprint density at radius 2 is 1.75 bits per heavy atom. The van der Waals surface area contributed by atoms with E-state index in [1.807, 2.05) is 0 Å². The Kier molecular flexibility index (Phi) is 4.79. The van der Waals surface area contributed by atoms with Gasteiger partial charge in [-0.05, 0) is 27.4 Å². The molecule has 0 atom stereocenters. The van der Waals surface area contributed by atoms with Gasteiger partial charge in [0, 0.05) is 6.54 Å². The molecule has 0 amide bonds. The first kappa shape index (κ1) is 11.9. The van der Waals surface area contributed by atoms with Gasteiger partial charge in [-0.1, -0.05) is 30.9 Å². The molecule has 1 nitrogen and oxygen atoms in total. The molecule has 72 valence electrons. The fourth-order valence-corrected chi connectivity index (χ4v) is 2.83. The van der Waals surface area contributed by atoms with Crippen molar-refractivity contribution in [1.82, 2.24) is 4.90 Å². The van der Waals surface area contributed by atoms with Crippen LogP contribution in [0.5, 0.6) is 0 Å². The summed E-state index contributed by atoms with van der Waals surface area (Å²) in [7, 11) is 3.28. The van der Waals surface area contributed by atoms with Crippen molar-refractivity contribution in [2.45, 2.75) is 33.0 Å². The molecule has 0 fully saturated rings. The van der Waals surface area contributed by atoms with Gasteiger partial charge in [-0.2, -0.15) is 0 Å². The smallest absolute Gasteiger partial charge is 0.0686 e. The standard InChI is InChI=1S/C10H23NSi/c1-10(7-8-11(2)3)9-12(4,5)6/h9H,7-8H2,1-6H3. The molecule has 0 aliphatic carbocycles. The SMILES string of the molecule is CC(=C[Si](C)(C)C)CCN(C)C. The van der Waals surface area contributed by atoms with Crippen LogP contribution in [0.2, 0.25) is 19.6 Å². The van der Waals surface area contributed by atoms with Crippen LogP contribution < -0.4 is 0 Å². The van der Waals surface area contributed by atoms with Crippen LogP contribution >= 0.6 is 0 Å². The van der Waals surface area contributed by atoms with Crippen molar-refractivity contribution in [3.8, 4) is 0 Å². The Hall–Kier alpha value is -0.0831. The average Bonchev–Trinajstić information content (AvgIpc) is 1.79. The lowest BCUT2D eigenvalue weighted by molar-refractivity contribution is 0.413. The summed E-state index contributed by atoms with van der Waals surface area (Å²) in [4.78, 5) is 2.24. The molecule has 0 rings (SSSR count). The number of nitrogens with zero attached hydrogens (tertiary/aromatic N) is 1. The molecule has 2 heteroatoms. The van der Waals surface area contributed by atoms with E-state index in [4.69, 9.17) is 0 Å². The Morgan fingerprint density at radius 1 is 1.25 bits per heavy atom. The monoisotopic (exact) mass is 185 g/mol. The van der Waals surface area contributed by atoms with Crippen LogP contribution in [0.3, 0.4) is 0 Å². The predicted octanol–water partition coefficient (Wildman–Crippen LogP) is 2.76. The van der Waals surface area contributed by atoms with Gasteiger partial charge < -0.3 is 4.90 Å². The molecule has 0 bridgehead atoms. The number of hydrogen-bond donors (Lipinski definition) is 0. The van der Waals surface area contributed by atoms with Gasteiger partial charge in [0.2, 0.25) is 0 Å². The fourth-order valence-electron chi connectivity index (χ4n) is 1.21. The minimum absolute atomic E-state index is 0.973. The zero-order chi connectivity index (χ0) is 9.78. The van der Waals surface area contributed by atoms with Crippen LogP contribution in [0.4, 0.5) is 0 Å². The Labute approximate surface area is 78.5 Å². The van der Waals surface area contributed by atoms with Crippen LogP contribution in [-0.4, -0.2) is 33.6 Å². The molecule has 0 aromatic carbocycles. The molecule has 0 heterocycles. The van der Waals surface area contributed by atoms with E-state index in [0.717, 1.165) is 0 Å². The second-order valence-electron chi connectivity index (χ2n) is 4.91. The summed E-state index contributed by atoms with van der Waals surface area (Å²) in [6, 6.07) is 0. The van der Waals surface area contributed by atoms with Crippen molar-refractivity contribution in [2.24, 2.45) is 0 Å². The van der Waals surface area contributed by atoms with Crippen molar-refractivity contribution in [2.75, 3.05) is 20.6 Å². The predicted molar refractivity (Wildman–Crippen MR) is 60.3 cm³/mol. The second kappa shape index (κ2) is 4.82. The Bertz CT molecular complexity index is 154. The van der Waals surface area contributed by atoms with Crippen molar-refractivity contribution in [3.05, 3.63) is 11.3 Å². The second-order valence-corrected chi connectivity index (χ2v) is 9.93. The Balaban J connectivity index is 3.87. The van der Waals surface area contributed by atoms with Gasteiger partial charge in [-0.15, -0.1) is 0 Å². The molecule has 0 saturated carbocycles. The lowest BCUT2D eigenvalue weighted by Crippen LogP contribution is -2.18.